The molecule has 1 aromatic carbocycles. The number of carbonyl (C=O) groups excluding carboxylic acids is 1. The lowest BCUT2D eigenvalue weighted by Crippen LogP contribution is -2.41. The second-order valence-corrected chi connectivity index (χ2v) is 6.34. The normalized spacial score (nSPS) is 19.7. The van der Waals surface area contributed by atoms with E-state index in [-0.39, 0.29) is 16.0 Å². The third kappa shape index (κ3) is 2.80. The summed E-state index contributed by atoms with van der Waals surface area (Å²) in [5.74, 6) is -1.32. The van der Waals surface area contributed by atoms with E-state index in [2.05, 4.69) is 4.74 Å². The molecule has 0 unspecified atom stereocenters. The van der Waals surface area contributed by atoms with Gasteiger partial charge in [0.2, 0.25) is 0 Å². The van der Waals surface area contributed by atoms with Gasteiger partial charge in [-0.1, -0.05) is 11.6 Å². The van der Waals surface area contributed by atoms with Crippen molar-refractivity contribution in [1.82, 2.24) is 0 Å². The SMILES string of the molecule is COC(=O)c1cc(F)c(B2OC(C)(C)C(C)(C)O2)cc1Cl. The number of halogens is 2. The molecule has 1 saturated heterocycles. The molecule has 0 radical (unpaired) electrons. The van der Waals surface area contributed by atoms with E-state index in [0.29, 0.717) is 0 Å². The summed E-state index contributed by atoms with van der Waals surface area (Å²) in [5.41, 5.74) is -1.04. The predicted molar refractivity (Wildman–Crippen MR) is 78.5 cm³/mol. The third-order valence-corrected chi connectivity index (χ3v) is 4.31. The molecule has 1 aliphatic heterocycles. The Morgan fingerprint density at radius 3 is 2.24 bits per heavy atom. The molecule has 0 aliphatic carbocycles. The first-order valence-electron chi connectivity index (χ1n) is 6.52. The lowest BCUT2D eigenvalue weighted by Gasteiger charge is -2.32. The van der Waals surface area contributed by atoms with Gasteiger partial charge in [0.05, 0.1) is 28.9 Å². The number of benzene rings is 1. The van der Waals surface area contributed by atoms with Crippen molar-refractivity contribution >= 4 is 30.2 Å². The minimum atomic E-state index is -0.876. The fraction of sp³-hybridized carbons (Fsp3) is 0.500. The third-order valence-electron chi connectivity index (χ3n) is 4.00. The summed E-state index contributed by atoms with van der Waals surface area (Å²) in [7, 11) is 0.331. The second kappa shape index (κ2) is 5.27. The molecule has 4 nitrogen and oxygen atoms in total. The van der Waals surface area contributed by atoms with Crippen molar-refractivity contribution in [2.75, 3.05) is 7.11 Å². The Morgan fingerprint density at radius 2 is 1.76 bits per heavy atom. The Morgan fingerprint density at radius 1 is 1.24 bits per heavy atom. The summed E-state index contributed by atoms with van der Waals surface area (Å²) >= 11 is 6.02. The van der Waals surface area contributed by atoms with E-state index >= 15 is 0 Å². The molecule has 114 valence electrons. The maximum atomic E-state index is 14.3. The summed E-state index contributed by atoms with van der Waals surface area (Å²) in [5, 5.41) is 0.0907. The Bertz CT molecular complexity index is 573. The van der Waals surface area contributed by atoms with Crippen LogP contribution in [0.1, 0.15) is 38.1 Å². The quantitative estimate of drug-likeness (QED) is 0.622. The van der Waals surface area contributed by atoms with Gasteiger partial charge in [0, 0.05) is 5.46 Å². The molecule has 0 aromatic heterocycles. The molecular formula is C14H17BClFO4. The van der Waals surface area contributed by atoms with Gasteiger partial charge in [0.1, 0.15) is 5.82 Å². The number of rotatable bonds is 2. The number of ether oxygens (including phenoxy) is 1. The highest BCUT2D eigenvalue weighted by atomic mass is 35.5. The molecule has 1 heterocycles. The van der Waals surface area contributed by atoms with Crippen molar-refractivity contribution in [3.05, 3.63) is 28.5 Å². The smallest absolute Gasteiger partial charge is 0.465 e. The van der Waals surface area contributed by atoms with E-state index in [9.17, 15) is 9.18 Å². The van der Waals surface area contributed by atoms with Crippen molar-refractivity contribution in [2.24, 2.45) is 0 Å². The Kier molecular flexibility index (Phi) is 4.08. The van der Waals surface area contributed by atoms with Crippen LogP contribution < -0.4 is 5.46 Å². The molecule has 0 saturated carbocycles. The van der Waals surface area contributed by atoms with Gasteiger partial charge in [-0.05, 0) is 39.8 Å². The monoisotopic (exact) mass is 314 g/mol. The number of hydrogen-bond donors (Lipinski definition) is 0. The van der Waals surface area contributed by atoms with Crippen LogP contribution in [0.25, 0.3) is 0 Å². The molecule has 0 bridgehead atoms. The van der Waals surface area contributed by atoms with Gasteiger partial charge < -0.3 is 14.0 Å². The highest BCUT2D eigenvalue weighted by Crippen LogP contribution is 2.37. The van der Waals surface area contributed by atoms with Crippen LogP contribution in [-0.4, -0.2) is 31.4 Å². The molecule has 0 spiro atoms. The van der Waals surface area contributed by atoms with Gasteiger partial charge in [0.25, 0.3) is 0 Å². The molecule has 1 fully saturated rings. The predicted octanol–water partition coefficient (Wildman–Crippen LogP) is 2.56. The standard InChI is InChI=1S/C14H17BClFO4/c1-13(2)14(3,4)21-15(20-13)9-7-10(16)8(6-11(9)17)12(18)19-5/h6-7H,1-5H3. The number of esters is 1. The zero-order valence-corrected chi connectivity index (χ0v) is 13.4. The van der Waals surface area contributed by atoms with Gasteiger partial charge in [-0.3, -0.25) is 0 Å². The summed E-state index contributed by atoms with van der Waals surface area (Å²) in [6, 6.07) is 2.37. The fourth-order valence-electron chi connectivity index (χ4n) is 1.98. The molecule has 0 atom stereocenters. The lowest BCUT2D eigenvalue weighted by molar-refractivity contribution is 0.00578. The summed E-state index contributed by atoms with van der Waals surface area (Å²) < 4.78 is 30.4. The summed E-state index contributed by atoms with van der Waals surface area (Å²) in [6.45, 7) is 7.48. The maximum absolute atomic E-state index is 14.3. The van der Waals surface area contributed by atoms with Crippen LogP contribution in [0.2, 0.25) is 5.02 Å². The van der Waals surface area contributed by atoms with Crippen LogP contribution in [0, 0.1) is 5.82 Å². The lowest BCUT2D eigenvalue weighted by atomic mass is 9.78. The van der Waals surface area contributed by atoms with Crippen LogP contribution in [-0.2, 0) is 14.0 Å². The molecular weight excluding hydrogens is 297 g/mol. The van der Waals surface area contributed by atoms with E-state index in [1.54, 1.807) is 0 Å². The van der Waals surface area contributed by atoms with Crippen LogP contribution >= 0.6 is 11.6 Å². The number of hydrogen-bond acceptors (Lipinski definition) is 4. The number of methoxy groups -OCH3 is 1. The van der Waals surface area contributed by atoms with Crippen LogP contribution in [0.15, 0.2) is 12.1 Å². The minimum absolute atomic E-state index is 0.0306. The van der Waals surface area contributed by atoms with Crippen molar-refractivity contribution in [3.63, 3.8) is 0 Å². The first-order chi connectivity index (χ1) is 9.59. The van der Waals surface area contributed by atoms with Crippen molar-refractivity contribution in [1.29, 1.82) is 0 Å². The fourth-order valence-corrected chi connectivity index (χ4v) is 2.23. The Balaban J connectivity index is 2.39. The van der Waals surface area contributed by atoms with Crippen LogP contribution in [0.4, 0.5) is 4.39 Å². The number of carbonyl (C=O) groups is 1. The molecule has 7 heteroatoms. The molecule has 21 heavy (non-hydrogen) atoms. The first-order valence-corrected chi connectivity index (χ1v) is 6.90. The van der Waals surface area contributed by atoms with Crippen LogP contribution in [0.3, 0.4) is 0 Å². The molecule has 1 aliphatic rings. The van der Waals surface area contributed by atoms with Gasteiger partial charge >= 0.3 is 13.1 Å². The zero-order valence-electron chi connectivity index (χ0n) is 12.6. The molecule has 0 amide bonds. The van der Waals surface area contributed by atoms with E-state index in [0.717, 1.165) is 6.07 Å². The van der Waals surface area contributed by atoms with Gasteiger partial charge in [-0.25, -0.2) is 9.18 Å². The van der Waals surface area contributed by atoms with Crippen molar-refractivity contribution < 1.29 is 23.2 Å². The average molecular weight is 315 g/mol. The Labute approximate surface area is 128 Å². The van der Waals surface area contributed by atoms with Gasteiger partial charge in [-0.2, -0.15) is 0 Å². The maximum Gasteiger partial charge on any atom is 0.497 e. The topological polar surface area (TPSA) is 44.8 Å². The van der Waals surface area contributed by atoms with Crippen molar-refractivity contribution in [2.45, 2.75) is 38.9 Å². The molecule has 1 aromatic rings. The molecule has 0 N–H and O–H groups in total. The van der Waals surface area contributed by atoms with Crippen molar-refractivity contribution in [3.8, 4) is 0 Å². The van der Waals surface area contributed by atoms with Crippen LogP contribution in [0.5, 0.6) is 0 Å². The van der Waals surface area contributed by atoms with E-state index < -0.39 is 30.1 Å². The van der Waals surface area contributed by atoms with Gasteiger partial charge in [-0.15, -0.1) is 0 Å². The average Bonchev–Trinajstić information content (AvgIpc) is 2.59. The zero-order chi connectivity index (χ0) is 16.0. The summed E-state index contributed by atoms with van der Waals surface area (Å²) in [6.07, 6.45) is 0. The highest BCUT2D eigenvalue weighted by molar-refractivity contribution is 6.62. The Hall–Kier alpha value is -1.11. The first kappa shape index (κ1) is 16.3. The van der Waals surface area contributed by atoms with E-state index in [1.165, 1.54) is 13.2 Å². The minimum Gasteiger partial charge on any atom is -0.465 e. The highest BCUT2D eigenvalue weighted by Gasteiger charge is 2.52. The summed E-state index contributed by atoms with van der Waals surface area (Å²) in [4.78, 5) is 11.5. The van der Waals surface area contributed by atoms with Gasteiger partial charge in [0.15, 0.2) is 0 Å². The molecule has 2 rings (SSSR count). The largest absolute Gasteiger partial charge is 0.497 e. The second-order valence-electron chi connectivity index (χ2n) is 5.93. The van der Waals surface area contributed by atoms with E-state index in [4.69, 9.17) is 20.9 Å². The van der Waals surface area contributed by atoms with E-state index in [1.807, 2.05) is 27.7 Å².